The second-order valence-electron chi connectivity index (χ2n) is 5.64. The van der Waals surface area contributed by atoms with Gasteiger partial charge in [-0.1, -0.05) is 12.1 Å². The number of hydrogen-bond acceptors (Lipinski definition) is 6. The molecule has 0 radical (unpaired) electrons. The topological polar surface area (TPSA) is 92.3 Å². The number of ether oxygens (including phenoxy) is 1. The number of furan rings is 1. The number of halogens is 3. The van der Waals surface area contributed by atoms with Crippen molar-refractivity contribution in [2.24, 2.45) is 0 Å². The molecule has 0 bridgehead atoms. The second kappa shape index (κ2) is 8.20. The molecule has 3 rings (SSSR count). The van der Waals surface area contributed by atoms with Gasteiger partial charge in [-0.05, 0) is 35.7 Å². The van der Waals surface area contributed by atoms with E-state index in [0.717, 1.165) is 23.5 Å². The van der Waals surface area contributed by atoms with Crippen LogP contribution in [0.3, 0.4) is 0 Å². The Morgan fingerprint density at radius 1 is 1.21 bits per heavy atom. The number of thiophene rings is 1. The molecule has 0 fully saturated rings. The summed E-state index contributed by atoms with van der Waals surface area (Å²) in [4.78, 5) is 23.9. The number of amides is 1. The molecule has 0 aliphatic carbocycles. The molecule has 0 aliphatic rings. The second-order valence-corrected chi connectivity index (χ2v) is 6.56. The first-order valence-electron chi connectivity index (χ1n) is 8.00. The van der Waals surface area contributed by atoms with Gasteiger partial charge >= 0.3 is 12.1 Å². The largest absolute Gasteiger partial charge is 0.450 e. The lowest BCUT2D eigenvalue weighted by molar-refractivity contribution is -0.137. The first-order valence-corrected chi connectivity index (χ1v) is 8.88. The minimum absolute atomic E-state index is 0.0461. The molecule has 2 heterocycles. The van der Waals surface area contributed by atoms with E-state index in [1.165, 1.54) is 30.3 Å². The fourth-order valence-corrected chi connectivity index (χ4v) is 3.06. The Bertz CT molecular complexity index is 1100. The van der Waals surface area contributed by atoms with Gasteiger partial charge < -0.3 is 14.5 Å². The molecule has 3 aromatic rings. The Hall–Kier alpha value is -3.58. The number of esters is 1. The van der Waals surface area contributed by atoms with Gasteiger partial charge in [0.05, 0.1) is 11.1 Å². The van der Waals surface area contributed by atoms with E-state index in [1.807, 2.05) is 6.07 Å². The Balaban J connectivity index is 1.63. The van der Waals surface area contributed by atoms with Crippen molar-refractivity contribution in [2.45, 2.75) is 6.18 Å². The fraction of sp³-hybridized carbons (Fsp3) is 0.105. The van der Waals surface area contributed by atoms with Crippen LogP contribution in [-0.4, -0.2) is 18.5 Å². The van der Waals surface area contributed by atoms with Crippen LogP contribution in [0, 0.1) is 11.3 Å². The van der Waals surface area contributed by atoms with Gasteiger partial charge in [0, 0.05) is 5.56 Å². The molecule has 0 saturated carbocycles. The summed E-state index contributed by atoms with van der Waals surface area (Å²) in [5, 5.41) is 13.3. The molecule has 1 amide bonds. The van der Waals surface area contributed by atoms with Gasteiger partial charge in [-0.25, -0.2) is 4.79 Å². The number of nitrogens with zero attached hydrogens (tertiary/aromatic N) is 1. The molecule has 148 valence electrons. The summed E-state index contributed by atoms with van der Waals surface area (Å²) in [7, 11) is 0. The van der Waals surface area contributed by atoms with E-state index in [9.17, 15) is 22.8 Å². The number of anilines is 1. The average Bonchev–Trinajstić information content (AvgIpc) is 3.35. The molecule has 2 aromatic heterocycles. The molecule has 6 nitrogen and oxygen atoms in total. The summed E-state index contributed by atoms with van der Waals surface area (Å²) < 4.78 is 48.5. The molecule has 0 saturated heterocycles. The highest BCUT2D eigenvalue weighted by Crippen LogP contribution is 2.32. The van der Waals surface area contributed by atoms with Crippen molar-refractivity contribution in [3.8, 4) is 17.4 Å². The summed E-state index contributed by atoms with van der Waals surface area (Å²) in [5.74, 6) is -1.82. The van der Waals surface area contributed by atoms with Gasteiger partial charge in [0.2, 0.25) is 5.76 Å². The lowest BCUT2D eigenvalue weighted by atomic mass is 10.1. The summed E-state index contributed by atoms with van der Waals surface area (Å²) in [6.07, 6.45) is -4.51. The molecule has 1 N–H and O–H groups in total. The third-order valence-corrected chi connectivity index (χ3v) is 4.48. The predicted molar refractivity (Wildman–Crippen MR) is 97.1 cm³/mol. The number of benzene rings is 1. The maximum absolute atomic E-state index is 12.8. The highest BCUT2D eigenvalue weighted by Gasteiger charge is 2.30. The van der Waals surface area contributed by atoms with Gasteiger partial charge in [-0.3, -0.25) is 4.79 Å². The first-order chi connectivity index (χ1) is 13.8. The summed E-state index contributed by atoms with van der Waals surface area (Å²) in [5.41, 5.74) is -0.428. The molecular weight excluding hydrogens is 409 g/mol. The van der Waals surface area contributed by atoms with E-state index < -0.39 is 30.2 Å². The lowest BCUT2D eigenvalue weighted by Gasteiger charge is -2.07. The zero-order valence-corrected chi connectivity index (χ0v) is 15.3. The van der Waals surface area contributed by atoms with Gasteiger partial charge in [0.25, 0.3) is 5.91 Å². The molecular formula is C19H11F3N2O4S. The highest BCUT2D eigenvalue weighted by molar-refractivity contribution is 7.14. The molecule has 0 atom stereocenters. The Morgan fingerprint density at radius 3 is 2.72 bits per heavy atom. The van der Waals surface area contributed by atoms with Gasteiger partial charge in [0.15, 0.2) is 6.61 Å². The number of rotatable bonds is 5. The Kier molecular flexibility index (Phi) is 5.70. The van der Waals surface area contributed by atoms with E-state index in [-0.39, 0.29) is 22.6 Å². The van der Waals surface area contributed by atoms with Crippen molar-refractivity contribution >= 4 is 28.2 Å². The normalized spacial score (nSPS) is 11.0. The van der Waals surface area contributed by atoms with E-state index in [2.05, 4.69) is 5.32 Å². The van der Waals surface area contributed by atoms with Gasteiger partial charge in [-0.2, -0.15) is 18.4 Å². The maximum Gasteiger partial charge on any atom is 0.416 e. The molecule has 0 aliphatic heterocycles. The quantitative estimate of drug-likeness (QED) is 0.605. The number of carbonyl (C=O) groups excluding carboxylic acids is 2. The number of nitriles is 1. The minimum Gasteiger partial charge on any atom is -0.450 e. The third-order valence-electron chi connectivity index (χ3n) is 3.65. The average molecular weight is 420 g/mol. The van der Waals surface area contributed by atoms with Crippen LogP contribution in [0.25, 0.3) is 11.3 Å². The van der Waals surface area contributed by atoms with Gasteiger partial charge in [0.1, 0.15) is 16.8 Å². The van der Waals surface area contributed by atoms with Crippen LogP contribution in [0.1, 0.15) is 21.7 Å². The summed E-state index contributed by atoms with van der Waals surface area (Å²) >= 11 is 1.14. The van der Waals surface area contributed by atoms with Crippen LogP contribution in [0.2, 0.25) is 0 Å². The SMILES string of the molecule is N#Cc1ccsc1NC(=O)COC(=O)c1ccc(-c2cccc(C(F)(F)F)c2)o1. The van der Waals surface area contributed by atoms with Crippen LogP contribution in [0.15, 0.2) is 52.3 Å². The number of nitrogens with one attached hydrogen (secondary N) is 1. The van der Waals surface area contributed by atoms with Crippen LogP contribution < -0.4 is 5.32 Å². The van der Waals surface area contributed by atoms with Gasteiger partial charge in [-0.15, -0.1) is 11.3 Å². The highest BCUT2D eigenvalue weighted by atomic mass is 32.1. The third kappa shape index (κ3) is 4.83. The smallest absolute Gasteiger partial charge is 0.416 e. The van der Waals surface area contributed by atoms with E-state index in [0.29, 0.717) is 5.00 Å². The lowest BCUT2D eigenvalue weighted by Crippen LogP contribution is -2.20. The first kappa shape index (κ1) is 20.2. The summed E-state index contributed by atoms with van der Waals surface area (Å²) in [6.45, 7) is -0.624. The minimum atomic E-state index is -4.51. The van der Waals surface area contributed by atoms with Crippen molar-refractivity contribution in [2.75, 3.05) is 11.9 Å². The predicted octanol–water partition coefficient (Wildman–Crippen LogP) is 4.69. The van der Waals surface area contributed by atoms with E-state index in [1.54, 1.807) is 5.38 Å². The molecule has 0 unspecified atom stereocenters. The van der Waals surface area contributed by atoms with Crippen LogP contribution in [-0.2, 0) is 15.7 Å². The Morgan fingerprint density at radius 2 is 2.00 bits per heavy atom. The monoisotopic (exact) mass is 420 g/mol. The van der Waals surface area contributed by atoms with Crippen molar-refractivity contribution in [3.05, 3.63) is 64.7 Å². The Labute approximate surface area is 166 Å². The van der Waals surface area contributed by atoms with Crippen molar-refractivity contribution in [1.82, 2.24) is 0 Å². The molecule has 10 heteroatoms. The fourth-order valence-electron chi connectivity index (χ4n) is 2.31. The standard InChI is InChI=1S/C19H11F3N2O4S/c20-19(21,22)13-3-1-2-11(8-13)14-4-5-15(28-14)18(26)27-10-16(25)24-17-12(9-23)6-7-29-17/h1-8H,10H2,(H,24,25). The molecule has 29 heavy (non-hydrogen) atoms. The van der Waals surface area contributed by atoms with Crippen LogP contribution in [0.5, 0.6) is 0 Å². The molecule has 1 aromatic carbocycles. The summed E-state index contributed by atoms with van der Waals surface area (Å²) in [6, 6.07) is 10.5. The van der Waals surface area contributed by atoms with Crippen molar-refractivity contribution in [3.63, 3.8) is 0 Å². The van der Waals surface area contributed by atoms with Crippen LogP contribution >= 0.6 is 11.3 Å². The van der Waals surface area contributed by atoms with Crippen LogP contribution in [0.4, 0.5) is 18.2 Å². The maximum atomic E-state index is 12.8. The van der Waals surface area contributed by atoms with Crippen molar-refractivity contribution < 1.29 is 31.9 Å². The zero-order valence-electron chi connectivity index (χ0n) is 14.4. The number of alkyl halides is 3. The molecule has 0 spiro atoms. The van der Waals surface area contributed by atoms with E-state index >= 15 is 0 Å². The number of hydrogen-bond donors (Lipinski definition) is 1. The number of carbonyl (C=O) groups is 2. The van der Waals surface area contributed by atoms with E-state index in [4.69, 9.17) is 14.4 Å². The van der Waals surface area contributed by atoms with Crippen molar-refractivity contribution in [1.29, 1.82) is 5.26 Å². The zero-order chi connectivity index (χ0) is 21.0.